The van der Waals surface area contributed by atoms with E-state index in [4.69, 9.17) is 37.9 Å². The van der Waals surface area contributed by atoms with Crippen LogP contribution in [0.4, 0.5) is 0 Å². The molecule has 0 aromatic rings. The van der Waals surface area contributed by atoms with Gasteiger partial charge in [-0.05, 0) is 57.8 Å². The Labute approximate surface area is 720 Å². The molecule has 0 aromatic carbocycles. The summed E-state index contributed by atoms with van der Waals surface area (Å²) in [5.74, 6) is -5.37. The Balaban J connectivity index is 2.51. The predicted octanol–water partition coefficient (Wildman–Crippen LogP) is 24.5. The number of carbonyl (C=O) groups excluding carboxylic acids is 7. The molecule has 0 spiro atoms. The lowest BCUT2D eigenvalue weighted by Gasteiger charge is -2.45. The van der Waals surface area contributed by atoms with Crippen molar-refractivity contribution in [3.63, 3.8) is 0 Å². The van der Waals surface area contributed by atoms with Gasteiger partial charge < -0.3 is 58.3 Å². The van der Waals surface area contributed by atoms with Crippen LogP contribution in [0.5, 0.6) is 0 Å². The van der Waals surface area contributed by atoms with Crippen LogP contribution in [0.15, 0.2) is 0 Å². The minimum absolute atomic E-state index is 0.141. The van der Waals surface area contributed by atoms with E-state index in [-0.39, 0.29) is 62.7 Å². The summed E-state index contributed by atoms with van der Waals surface area (Å²) in [6, 6.07) is 0. The van der Waals surface area contributed by atoms with Crippen molar-refractivity contribution in [1.82, 2.24) is 0 Å². The molecular formula is C99H182O19. The molecule has 2 fully saturated rings. The number of carbonyl (C=O) groups is 7. The lowest BCUT2D eigenvalue weighted by atomic mass is 9.85. The molecular weight excluding hydrogens is 1490 g/mol. The van der Waals surface area contributed by atoms with Crippen molar-refractivity contribution in [1.29, 1.82) is 0 Å². The number of esters is 4. The number of unbranched alkanes of at least 4 members (excludes halogenated alkanes) is 54. The first-order valence-corrected chi connectivity index (χ1v) is 50.1. The van der Waals surface area contributed by atoms with E-state index < -0.39 is 123 Å². The van der Waals surface area contributed by atoms with Gasteiger partial charge in [0.25, 0.3) is 6.47 Å². The van der Waals surface area contributed by atoms with E-state index in [1.165, 1.54) is 212 Å². The normalized spacial score (nSPS) is 20.2. The van der Waals surface area contributed by atoms with Gasteiger partial charge in [0.2, 0.25) is 0 Å². The minimum atomic E-state index is -1.79. The van der Waals surface area contributed by atoms with Gasteiger partial charge in [-0.25, -0.2) is 0 Å². The lowest BCUT2D eigenvalue weighted by molar-refractivity contribution is -0.314. The van der Waals surface area contributed by atoms with Crippen molar-refractivity contribution in [3.8, 4) is 0 Å². The van der Waals surface area contributed by atoms with Crippen LogP contribution < -0.4 is 0 Å². The zero-order valence-corrected chi connectivity index (χ0v) is 76.6. The molecule has 4 N–H and O–H groups in total. The van der Waals surface area contributed by atoms with Crippen LogP contribution in [0.3, 0.4) is 0 Å². The Morgan fingerprint density at radius 1 is 0.322 bits per heavy atom. The molecule has 0 radical (unpaired) electrons. The van der Waals surface area contributed by atoms with Gasteiger partial charge in [-0.1, -0.05) is 388 Å². The van der Waals surface area contributed by atoms with Crippen molar-refractivity contribution in [2.75, 3.05) is 13.2 Å². The van der Waals surface area contributed by atoms with E-state index in [9.17, 15) is 49.2 Å². The third-order valence-electron chi connectivity index (χ3n) is 24.7. The van der Waals surface area contributed by atoms with Crippen LogP contribution >= 0.6 is 0 Å². The SMILES string of the molecule is CCCCCCCCCCCCCCCC(=O)O[C@H](CCCCCCCCCCC)CC(=O)CC1C(O)OC(COC2OC(CO)C(OC=O)C(OC(=O)C[C@@H](CCCCCCCCCCC)OC(=O)CCCCCCCCCCCCC)C2CC(=O)C[C@@H](CCCCCCCCCCC)OC(=O)CCCCCCCCCCC)C(O)C1O. The molecule has 2 rings (SSSR count). The second-order valence-electron chi connectivity index (χ2n) is 35.7. The first kappa shape index (κ1) is 110. The predicted molar refractivity (Wildman–Crippen MR) is 474 cm³/mol. The zero-order chi connectivity index (χ0) is 86.0. The Bertz CT molecular complexity index is 2370. The van der Waals surface area contributed by atoms with E-state index in [2.05, 4.69) is 41.5 Å². The molecule has 0 amide bonds. The molecule has 13 atom stereocenters. The van der Waals surface area contributed by atoms with E-state index >= 15 is 4.79 Å². The van der Waals surface area contributed by atoms with Crippen LogP contribution in [0.2, 0.25) is 0 Å². The summed E-state index contributed by atoms with van der Waals surface area (Å²) in [6.45, 7) is 12.0. The van der Waals surface area contributed by atoms with E-state index in [1.54, 1.807) is 0 Å². The molecule has 0 aliphatic carbocycles. The summed E-state index contributed by atoms with van der Waals surface area (Å²) in [7, 11) is 0. The van der Waals surface area contributed by atoms with E-state index in [0.29, 0.717) is 51.4 Å². The molecule has 19 nitrogen and oxygen atoms in total. The number of hydrogen-bond donors (Lipinski definition) is 4. The zero-order valence-electron chi connectivity index (χ0n) is 76.6. The molecule has 0 saturated carbocycles. The van der Waals surface area contributed by atoms with Gasteiger partial charge in [0, 0.05) is 50.9 Å². The highest BCUT2D eigenvalue weighted by Crippen LogP contribution is 2.37. The topological polar surface area (TPSA) is 274 Å². The van der Waals surface area contributed by atoms with Crippen LogP contribution in [0.1, 0.15) is 497 Å². The number of rotatable bonds is 86. The summed E-state index contributed by atoms with van der Waals surface area (Å²) in [6.07, 6.45) is 51.6. The average molecular weight is 1680 g/mol. The lowest BCUT2D eigenvalue weighted by Crippen LogP contribution is -2.60. The Morgan fingerprint density at radius 3 is 0.898 bits per heavy atom. The van der Waals surface area contributed by atoms with Gasteiger partial charge in [-0.2, -0.15) is 0 Å². The highest BCUT2D eigenvalue weighted by atomic mass is 16.7. The monoisotopic (exact) mass is 1680 g/mol. The largest absolute Gasteiger partial charge is 0.462 e. The third kappa shape index (κ3) is 58.5. The van der Waals surface area contributed by atoms with Crippen LogP contribution in [0, 0.1) is 11.8 Å². The van der Waals surface area contributed by atoms with Gasteiger partial charge in [-0.3, -0.25) is 33.6 Å². The molecule has 2 aliphatic rings. The molecule has 2 saturated heterocycles. The van der Waals surface area contributed by atoms with Crippen molar-refractivity contribution in [2.24, 2.45) is 11.8 Å². The molecule has 10 unspecified atom stereocenters. The maximum Gasteiger partial charge on any atom is 0.309 e. The second kappa shape index (κ2) is 78.2. The second-order valence-corrected chi connectivity index (χ2v) is 35.7. The number of Topliss-reactive ketones (excluding diaryl/α,β-unsaturated/α-hetero) is 2. The number of ether oxygens (including phenoxy) is 8. The Hall–Kier alpha value is -3.59. The van der Waals surface area contributed by atoms with Crippen LogP contribution in [0.25, 0.3) is 0 Å². The smallest absolute Gasteiger partial charge is 0.309 e. The first-order valence-electron chi connectivity index (χ1n) is 50.1. The van der Waals surface area contributed by atoms with Crippen LogP contribution in [-0.2, 0) is 71.5 Å². The summed E-state index contributed by atoms with van der Waals surface area (Å²) in [4.78, 5) is 97.6. The third-order valence-corrected chi connectivity index (χ3v) is 24.7. The fourth-order valence-corrected chi connectivity index (χ4v) is 17.2. The van der Waals surface area contributed by atoms with Crippen LogP contribution in [-0.4, -0.2) is 143 Å². The number of ketones is 2. The van der Waals surface area contributed by atoms with Crippen molar-refractivity contribution in [3.05, 3.63) is 0 Å². The summed E-state index contributed by atoms with van der Waals surface area (Å²) >= 11 is 0. The Morgan fingerprint density at radius 2 is 0.602 bits per heavy atom. The maximum atomic E-state index is 15.1. The first-order chi connectivity index (χ1) is 57.6. The molecule has 118 heavy (non-hydrogen) atoms. The highest BCUT2D eigenvalue weighted by molar-refractivity contribution is 5.81. The Kier molecular flexibility index (Phi) is 73.2. The molecule has 19 heteroatoms. The molecule has 0 bridgehead atoms. The van der Waals surface area contributed by atoms with Crippen molar-refractivity contribution >= 4 is 41.9 Å². The van der Waals surface area contributed by atoms with Gasteiger partial charge >= 0.3 is 23.9 Å². The number of aliphatic hydroxyl groups is 4. The molecule has 0 aromatic heterocycles. The summed E-state index contributed by atoms with van der Waals surface area (Å²) in [5, 5.41) is 46.6. The average Bonchev–Trinajstić information content (AvgIpc) is 0.783. The summed E-state index contributed by atoms with van der Waals surface area (Å²) < 4.78 is 49.4. The molecule has 692 valence electrons. The quantitative estimate of drug-likeness (QED) is 0.0191. The number of hydrogen-bond acceptors (Lipinski definition) is 19. The fraction of sp³-hybridized carbons (Fsp3) is 0.929. The molecule has 2 aliphatic heterocycles. The summed E-state index contributed by atoms with van der Waals surface area (Å²) in [5.41, 5.74) is 0. The minimum Gasteiger partial charge on any atom is -0.462 e. The highest BCUT2D eigenvalue weighted by Gasteiger charge is 2.52. The van der Waals surface area contributed by atoms with Crippen molar-refractivity contribution < 1.29 is 91.9 Å². The fourth-order valence-electron chi connectivity index (χ4n) is 17.2. The van der Waals surface area contributed by atoms with Gasteiger partial charge in [0.15, 0.2) is 18.7 Å². The van der Waals surface area contributed by atoms with Gasteiger partial charge in [0.1, 0.15) is 54.3 Å². The van der Waals surface area contributed by atoms with Gasteiger partial charge in [-0.15, -0.1) is 0 Å². The van der Waals surface area contributed by atoms with E-state index in [0.717, 1.165) is 141 Å². The van der Waals surface area contributed by atoms with Crippen molar-refractivity contribution in [2.45, 2.75) is 565 Å². The maximum absolute atomic E-state index is 15.1. The van der Waals surface area contributed by atoms with Gasteiger partial charge in [0.05, 0.1) is 31.7 Å². The van der Waals surface area contributed by atoms with E-state index in [1.807, 2.05) is 0 Å². The standard InChI is InChI=1S/C99H182O19/c1-7-13-19-25-31-37-39-40-42-48-54-59-65-70-90(104)113-83(67-61-55-49-43-33-27-21-15-9-3)73-81(102)75-86-94(108)95(109)89(116-98(86)110)79-111-99-87(76-82(103)74-84(68-62-56-50-44-34-28-22-16-10-4)114-91(105)71-64-58-52-46-36-30-24-18-12-6)96(97(112-80-101)88(78-100)117-99)118-93(107)77-85(69-63-57-51-45-35-29-23-17-11-5)115-92(106)72-66-60-53-47-41-38-32-26-20-14-8-2/h80,83-89,94-100,108-110H,7-79H2,1-6H3/t83-,84-,85-,86?,87?,88?,89?,94?,95?,96?,97?,98?,99?/m1/s1. The molecule has 2 heterocycles. The number of aliphatic hydroxyl groups excluding tert-OH is 4.